The number of nitrogens with zero attached hydrogens (tertiary/aromatic N) is 4. The highest BCUT2D eigenvalue weighted by atomic mass is 35.5. The van der Waals surface area contributed by atoms with Crippen LogP contribution >= 0.6 is 34.7 Å². The van der Waals surface area contributed by atoms with Gasteiger partial charge in [0.15, 0.2) is 4.34 Å². The normalized spacial score (nSPS) is 16.9. The van der Waals surface area contributed by atoms with Crippen molar-refractivity contribution < 1.29 is 9.59 Å². The number of aromatic nitrogens is 2. The molecule has 0 radical (unpaired) electrons. The van der Waals surface area contributed by atoms with Crippen LogP contribution in [0.3, 0.4) is 0 Å². The van der Waals surface area contributed by atoms with Crippen molar-refractivity contribution in [3.05, 3.63) is 0 Å². The van der Waals surface area contributed by atoms with E-state index >= 15 is 0 Å². The smallest absolute Gasteiger partial charge is 0.240 e. The quantitative estimate of drug-likeness (QED) is 0.610. The Morgan fingerprint density at radius 2 is 2.05 bits per heavy atom. The number of alkyl halides is 1. The van der Waals surface area contributed by atoms with Crippen LogP contribution in [-0.4, -0.2) is 64.2 Å². The molecule has 1 unspecified atom stereocenters. The summed E-state index contributed by atoms with van der Waals surface area (Å²) in [5, 5.41) is 8.45. The third-order valence-electron chi connectivity index (χ3n) is 2.94. The van der Waals surface area contributed by atoms with Gasteiger partial charge in [-0.3, -0.25) is 9.59 Å². The van der Waals surface area contributed by atoms with Gasteiger partial charge in [0.1, 0.15) is 5.38 Å². The van der Waals surface area contributed by atoms with Gasteiger partial charge in [-0.1, -0.05) is 23.1 Å². The van der Waals surface area contributed by atoms with Gasteiger partial charge < -0.3 is 15.5 Å². The van der Waals surface area contributed by atoms with E-state index in [0.717, 1.165) is 9.47 Å². The topological polar surface area (TPSA) is 92.4 Å². The van der Waals surface area contributed by atoms with E-state index in [0.29, 0.717) is 26.2 Å². The molecule has 0 aliphatic carbocycles. The lowest BCUT2D eigenvalue weighted by atomic mass is 10.3. The summed E-state index contributed by atoms with van der Waals surface area (Å²) < 4.78 is 0.719. The van der Waals surface area contributed by atoms with E-state index in [9.17, 15) is 9.59 Å². The minimum Gasteiger partial charge on any atom is -0.369 e. The molecule has 2 rings (SSSR count). The van der Waals surface area contributed by atoms with Gasteiger partial charge in [-0.2, -0.15) is 0 Å². The molecule has 1 aliphatic rings. The van der Waals surface area contributed by atoms with Gasteiger partial charge in [0.05, 0.1) is 5.75 Å². The predicted molar refractivity (Wildman–Crippen MR) is 83.9 cm³/mol. The van der Waals surface area contributed by atoms with Crippen LogP contribution in [0.4, 0.5) is 5.13 Å². The second-order valence-corrected chi connectivity index (χ2v) is 7.37. The minimum atomic E-state index is -0.491. The summed E-state index contributed by atoms with van der Waals surface area (Å²) in [7, 11) is 0. The fourth-order valence-electron chi connectivity index (χ4n) is 1.89. The highest BCUT2D eigenvalue weighted by molar-refractivity contribution is 8.01. The van der Waals surface area contributed by atoms with Gasteiger partial charge in [-0.25, -0.2) is 0 Å². The first-order chi connectivity index (χ1) is 9.97. The zero-order valence-electron chi connectivity index (χ0n) is 11.5. The molecule has 116 valence electrons. The van der Waals surface area contributed by atoms with Gasteiger partial charge >= 0.3 is 0 Å². The molecule has 2 N–H and O–H groups in total. The van der Waals surface area contributed by atoms with Crippen molar-refractivity contribution in [1.29, 1.82) is 0 Å². The van der Waals surface area contributed by atoms with Crippen LogP contribution in [0.5, 0.6) is 0 Å². The first kappa shape index (κ1) is 16.3. The third-order valence-corrected chi connectivity index (χ3v) is 5.26. The lowest BCUT2D eigenvalue weighted by Gasteiger charge is -2.34. The molecule has 10 heteroatoms. The standard InChI is InChI=1S/C11H16ClN5O2S2/c1-7(12)9(19)16-2-4-17(5-3-16)10-14-15-11(21-10)20-6-8(13)18/h7H,2-6H2,1H3,(H2,13,18). The Bertz CT molecular complexity index is 516. The number of amides is 2. The summed E-state index contributed by atoms with van der Waals surface area (Å²) in [6.45, 7) is 4.33. The lowest BCUT2D eigenvalue weighted by molar-refractivity contribution is -0.130. The highest BCUT2D eigenvalue weighted by Gasteiger charge is 2.25. The second-order valence-electron chi connectivity index (χ2n) is 4.53. The lowest BCUT2D eigenvalue weighted by Crippen LogP contribution is -2.50. The molecular formula is C11H16ClN5O2S2. The SMILES string of the molecule is CC(Cl)C(=O)N1CCN(c2nnc(SCC(N)=O)s2)CC1. The Morgan fingerprint density at radius 3 is 2.62 bits per heavy atom. The summed E-state index contributed by atoms with van der Waals surface area (Å²) in [4.78, 5) is 26.4. The van der Waals surface area contributed by atoms with E-state index in [1.165, 1.54) is 23.1 Å². The van der Waals surface area contributed by atoms with Gasteiger partial charge in [0, 0.05) is 26.2 Å². The predicted octanol–water partition coefficient (Wildman–Crippen LogP) is 0.391. The van der Waals surface area contributed by atoms with Gasteiger partial charge in [-0.15, -0.1) is 21.8 Å². The van der Waals surface area contributed by atoms with Crippen molar-refractivity contribution in [3.63, 3.8) is 0 Å². The summed E-state index contributed by atoms with van der Waals surface area (Å²) in [5.74, 6) is -0.213. The first-order valence-corrected chi connectivity index (χ1v) is 8.63. The number of carbonyl (C=O) groups excluding carboxylic acids is 2. The number of halogens is 1. The average Bonchev–Trinajstić information content (AvgIpc) is 2.93. The maximum Gasteiger partial charge on any atom is 0.240 e. The largest absolute Gasteiger partial charge is 0.369 e. The number of hydrogen-bond donors (Lipinski definition) is 1. The van der Waals surface area contributed by atoms with E-state index < -0.39 is 5.38 Å². The van der Waals surface area contributed by atoms with E-state index in [1.54, 1.807) is 11.8 Å². The Labute approximate surface area is 135 Å². The van der Waals surface area contributed by atoms with E-state index in [2.05, 4.69) is 15.1 Å². The number of piperazine rings is 1. The van der Waals surface area contributed by atoms with Crippen LogP contribution in [0.15, 0.2) is 4.34 Å². The fourth-order valence-corrected chi connectivity index (χ4v) is 3.66. The summed E-state index contributed by atoms with van der Waals surface area (Å²) >= 11 is 8.52. The van der Waals surface area contributed by atoms with Gasteiger partial charge in [0.25, 0.3) is 0 Å². The highest BCUT2D eigenvalue weighted by Crippen LogP contribution is 2.28. The minimum absolute atomic E-state index is 0.0358. The molecule has 0 aromatic carbocycles. The van der Waals surface area contributed by atoms with Crippen molar-refractivity contribution in [2.75, 3.05) is 36.8 Å². The van der Waals surface area contributed by atoms with Gasteiger partial charge in [-0.05, 0) is 6.92 Å². The molecule has 7 nitrogen and oxygen atoms in total. The van der Waals surface area contributed by atoms with Crippen LogP contribution in [-0.2, 0) is 9.59 Å². The zero-order chi connectivity index (χ0) is 15.4. The molecule has 2 heterocycles. The van der Waals surface area contributed by atoms with E-state index in [-0.39, 0.29) is 17.6 Å². The molecular weight excluding hydrogens is 334 g/mol. The Kier molecular flexibility index (Phi) is 5.65. The first-order valence-electron chi connectivity index (χ1n) is 6.40. The molecule has 0 saturated carbocycles. The van der Waals surface area contributed by atoms with E-state index in [1.807, 2.05) is 0 Å². The molecule has 0 spiro atoms. The third kappa shape index (κ3) is 4.45. The molecule has 1 aromatic heterocycles. The number of anilines is 1. The molecule has 1 aliphatic heterocycles. The monoisotopic (exact) mass is 349 g/mol. The summed E-state index contributed by atoms with van der Waals surface area (Å²) in [6.07, 6.45) is 0. The van der Waals surface area contributed by atoms with Crippen molar-refractivity contribution in [2.45, 2.75) is 16.6 Å². The second kappa shape index (κ2) is 7.28. The van der Waals surface area contributed by atoms with Crippen molar-refractivity contribution >= 4 is 51.6 Å². The molecule has 1 atom stereocenters. The summed E-state index contributed by atoms with van der Waals surface area (Å²) in [5.41, 5.74) is 5.10. The number of hydrogen-bond acceptors (Lipinski definition) is 7. The maximum atomic E-state index is 11.8. The summed E-state index contributed by atoms with van der Waals surface area (Å²) in [6, 6.07) is 0. The number of carbonyl (C=O) groups is 2. The van der Waals surface area contributed by atoms with Crippen LogP contribution in [0.1, 0.15) is 6.92 Å². The van der Waals surface area contributed by atoms with Crippen LogP contribution < -0.4 is 10.6 Å². The molecule has 1 fully saturated rings. The molecule has 21 heavy (non-hydrogen) atoms. The molecule has 1 aromatic rings. The number of nitrogens with two attached hydrogens (primary N) is 1. The fraction of sp³-hybridized carbons (Fsp3) is 0.636. The molecule has 2 amide bonds. The maximum absolute atomic E-state index is 11.8. The van der Waals surface area contributed by atoms with Crippen LogP contribution in [0, 0.1) is 0 Å². The molecule has 0 bridgehead atoms. The van der Waals surface area contributed by atoms with Crippen molar-refractivity contribution in [1.82, 2.24) is 15.1 Å². The Hall–Kier alpha value is -1.06. The average molecular weight is 350 g/mol. The molecule has 1 saturated heterocycles. The zero-order valence-corrected chi connectivity index (χ0v) is 13.9. The number of primary amides is 1. The Morgan fingerprint density at radius 1 is 1.38 bits per heavy atom. The Balaban J connectivity index is 1.87. The van der Waals surface area contributed by atoms with Crippen LogP contribution in [0.25, 0.3) is 0 Å². The number of rotatable bonds is 5. The van der Waals surface area contributed by atoms with Crippen molar-refractivity contribution in [3.8, 4) is 0 Å². The number of thioether (sulfide) groups is 1. The van der Waals surface area contributed by atoms with Crippen LogP contribution in [0.2, 0.25) is 0 Å². The van der Waals surface area contributed by atoms with Crippen molar-refractivity contribution in [2.24, 2.45) is 5.73 Å². The van der Waals surface area contributed by atoms with Gasteiger partial charge in [0.2, 0.25) is 16.9 Å². The van der Waals surface area contributed by atoms with E-state index in [4.69, 9.17) is 17.3 Å².